The number of amides is 1. The quantitative estimate of drug-likeness (QED) is 0.738. The fourth-order valence-corrected chi connectivity index (χ4v) is 2.82. The highest BCUT2D eigenvalue weighted by Crippen LogP contribution is 2.49. The van der Waals surface area contributed by atoms with Crippen LogP contribution in [0.25, 0.3) is 0 Å². The molecular formula is C15H23F3N2O2. The van der Waals surface area contributed by atoms with Gasteiger partial charge in [0.15, 0.2) is 0 Å². The van der Waals surface area contributed by atoms with Crippen LogP contribution in [-0.2, 0) is 4.74 Å². The second kappa shape index (κ2) is 5.35. The lowest BCUT2D eigenvalue weighted by atomic mass is 9.87. The van der Waals surface area contributed by atoms with Gasteiger partial charge in [-0.25, -0.2) is 4.79 Å². The summed E-state index contributed by atoms with van der Waals surface area (Å²) >= 11 is 0. The van der Waals surface area contributed by atoms with Gasteiger partial charge in [-0.3, -0.25) is 4.90 Å². The number of halogens is 3. The molecule has 2 rings (SSSR count). The highest BCUT2D eigenvalue weighted by molar-refractivity contribution is 5.70. The number of carbonyl (C=O) groups is 1. The van der Waals surface area contributed by atoms with Crippen molar-refractivity contribution in [3.63, 3.8) is 0 Å². The molecule has 2 heterocycles. The van der Waals surface area contributed by atoms with E-state index in [2.05, 4.69) is 0 Å². The topological polar surface area (TPSA) is 32.8 Å². The van der Waals surface area contributed by atoms with Gasteiger partial charge in [0.05, 0.1) is 0 Å². The van der Waals surface area contributed by atoms with Crippen LogP contribution in [0, 0.1) is 5.41 Å². The highest BCUT2D eigenvalue weighted by Gasteiger charge is 2.59. The summed E-state index contributed by atoms with van der Waals surface area (Å²) in [5, 5.41) is 0. The first-order chi connectivity index (χ1) is 9.94. The smallest absolute Gasteiger partial charge is 0.414 e. The van der Waals surface area contributed by atoms with E-state index < -0.39 is 29.8 Å². The first kappa shape index (κ1) is 17.0. The third-order valence-corrected chi connectivity index (χ3v) is 4.03. The number of ether oxygens (including phenoxy) is 1. The van der Waals surface area contributed by atoms with Crippen molar-refractivity contribution in [3.05, 3.63) is 11.9 Å². The van der Waals surface area contributed by atoms with Crippen LogP contribution in [0.5, 0.6) is 0 Å². The molecule has 0 bridgehead atoms. The maximum absolute atomic E-state index is 13.6. The molecule has 1 unspecified atom stereocenters. The van der Waals surface area contributed by atoms with E-state index in [9.17, 15) is 18.0 Å². The molecule has 7 heteroatoms. The minimum absolute atomic E-state index is 0.170. The van der Waals surface area contributed by atoms with Crippen molar-refractivity contribution in [1.82, 2.24) is 9.80 Å². The Morgan fingerprint density at radius 2 is 1.77 bits per heavy atom. The third kappa shape index (κ3) is 3.17. The van der Waals surface area contributed by atoms with Crippen molar-refractivity contribution in [2.45, 2.75) is 52.3 Å². The molecule has 0 N–H and O–H groups in total. The van der Waals surface area contributed by atoms with Crippen molar-refractivity contribution in [3.8, 4) is 0 Å². The normalized spacial score (nSPS) is 26.4. The van der Waals surface area contributed by atoms with Gasteiger partial charge in [-0.15, -0.1) is 0 Å². The van der Waals surface area contributed by atoms with Crippen molar-refractivity contribution in [1.29, 1.82) is 0 Å². The Morgan fingerprint density at radius 1 is 1.23 bits per heavy atom. The van der Waals surface area contributed by atoms with Crippen LogP contribution in [0.1, 0.15) is 40.5 Å². The third-order valence-electron chi connectivity index (χ3n) is 4.03. The van der Waals surface area contributed by atoms with Crippen molar-refractivity contribution < 1.29 is 22.7 Å². The minimum Gasteiger partial charge on any atom is -0.443 e. The molecule has 1 saturated heterocycles. The van der Waals surface area contributed by atoms with Crippen molar-refractivity contribution in [2.24, 2.45) is 5.41 Å². The minimum atomic E-state index is -4.42. The van der Waals surface area contributed by atoms with Crippen molar-refractivity contribution in [2.75, 3.05) is 19.6 Å². The Bertz CT molecular complexity index is 476. The number of hydrogen-bond acceptors (Lipinski definition) is 3. The van der Waals surface area contributed by atoms with Gasteiger partial charge in [0, 0.05) is 31.5 Å². The number of hydrogen-bond donors (Lipinski definition) is 0. The number of rotatable bonds is 1. The van der Waals surface area contributed by atoms with E-state index in [1.165, 1.54) is 6.20 Å². The van der Waals surface area contributed by atoms with Gasteiger partial charge in [0.1, 0.15) is 11.0 Å². The lowest BCUT2D eigenvalue weighted by Gasteiger charge is -2.35. The fraction of sp³-hybridized carbons (Fsp3) is 0.800. The molecule has 126 valence electrons. The van der Waals surface area contributed by atoms with Crippen LogP contribution in [0.15, 0.2) is 11.9 Å². The predicted octanol–water partition coefficient (Wildman–Crippen LogP) is 3.74. The molecule has 0 spiro atoms. The van der Waals surface area contributed by atoms with Gasteiger partial charge in [-0.1, -0.05) is 0 Å². The molecule has 22 heavy (non-hydrogen) atoms. The average molecular weight is 320 g/mol. The monoisotopic (exact) mass is 320 g/mol. The highest BCUT2D eigenvalue weighted by atomic mass is 19.4. The van der Waals surface area contributed by atoms with Crippen LogP contribution in [-0.4, -0.2) is 47.3 Å². The summed E-state index contributed by atoms with van der Waals surface area (Å²) in [6.07, 6.45) is -2.10. The van der Waals surface area contributed by atoms with Gasteiger partial charge in [0.2, 0.25) is 0 Å². The molecule has 0 radical (unpaired) electrons. The SMILES string of the molecule is CC(C)(C)OC(=O)N1C=C(N2CCCC2)C(C)(C(F)(F)F)C1. The average Bonchev–Trinajstić information content (AvgIpc) is 2.92. The number of alkyl halides is 3. The number of likely N-dealkylation sites (tertiary alicyclic amines) is 1. The van der Waals surface area contributed by atoms with Gasteiger partial charge >= 0.3 is 12.3 Å². The van der Waals surface area contributed by atoms with Gasteiger partial charge < -0.3 is 9.64 Å². The zero-order valence-corrected chi connectivity index (χ0v) is 13.5. The molecule has 1 atom stereocenters. The molecule has 0 aliphatic carbocycles. The summed E-state index contributed by atoms with van der Waals surface area (Å²) in [7, 11) is 0. The molecule has 2 aliphatic heterocycles. The standard InChI is InChI=1S/C15H23F3N2O2/c1-13(2,3)22-12(21)20-9-11(19-7-5-6-8-19)14(4,10-20)15(16,17)18/h9H,5-8,10H2,1-4H3. The van der Waals surface area contributed by atoms with Gasteiger partial charge in [-0.05, 0) is 40.5 Å². The van der Waals surface area contributed by atoms with Crippen LogP contribution < -0.4 is 0 Å². The molecule has 1 amide bonds. The Hall–Kier alpha value is -1.40. The summed E-state index contributed by atoms with van der Waals surface area (Å²) in [4.78, 5) is 14.9. The van der Waals surface area contributed by atoms with Gasteiger partial charge in [-0.2, -0.15) is 13.2 Å². The van der Waals surface area contributed by atoms with E-state index in [-0.39, 0.29) is 5.70 Å². The van der Waals surface area contributed by atoms with E-state index in [1.54, 1.807) is 25.7 Å². The van der Waals surface area contributed by atoms with Crippen LogP contribution in [0.3, 0.4) is 0 Å². The van der Waals surface area contributed by atoms with E-state index in [1.807, 2.05) is 0 Å². The lowest BCUT2D eigenvalue weighted by molar-refractivity contribution is -0.207. The summed E-state index contributed by atoms with van der Waals surface area (Å²) in [6.45, 7) is 6.98. The molecule has 0 aromatic heterocycles. The molecule has 0 aromatic carbocycles. The van der Waals surface area contributed by atoms with Crippen LogP contribution in [0.2, 0.25) is 0 Å². The molecule has 0 aromatic rings. The summed E-state index contributed by atoms with van der Waals surface area (Å²) in [5.74, 6) is 0. The van der Waals surface area contributed by atoms with E-state index >= 15 is 0 Å². The second-order valence-corrected chi connectivity index (χ2v) is 7.15. The van der Waals surface area contributed by atoms with E-state index in [0.29, 0.717) is 13.1 Å². The maximum Gasteiger partial charge on any atom is 0.414 e. The zero-order chi connectivity index (χ0) is 16.8. The zero-order valence-electron chi connectivity index (χ0n) is 13.5. The summed E-state index contributed by atoms with van der Waals surface area (Å²) < 4.78 is 45.9. The maximum atomic E-state index is 13.6. The lowest BCUT2D eigenvalue weighted by Crippen LogP contribution is -2.45. The summed E-state index contributed by atoms with van der Waals surface area (Å²) in [6, 6.07) is 0. The first-order valence-corrected chi connectivity index (χ1v) is 7.48. The summed E-state index contributed by atoms with van der Waals surface area (Å²) in [5.41, 5.74) is -2.62. The molecule has 0 saturated carbocycles. The Balaban J connectivity index is 2.27. The van der Waals surface area contributed by atoms with E-state index in [0.717, 1.165) is 24.7 Å². The van der Waals surface area contributed by atoms with E-state index in [4.69, 9.17) is 4.74 Å². The predicted molar refractivity (Wildman–Crippen MR) is 76.0 cm³/mol. The molecule has 2 aliphatic rings. The molecular weight excluding hydrogens is 297 g/mol. The Labute approximate surface area is 128 Å². The largest absolute Gasteiger partial charge is 0.443 e. The van der Waals surface area contributed by atoms with Crippen LogP contribution >= 0.6 is 0 Å². The fourth-order valence-electron chi connectivity index (χ4n) is 2.82. The molecule has 4 nitrogen and oxygen atoms in total. The first-order valence-electron chi connectivity index (χ1n) is 7.48. The molecule has 1 fully saturated rings. The van der Waals surface area contributed by atoms with Gasteiger partial charge in [0.25, 0.3) is 0 Å². The second-order valence-electron chi connectivity index (χ2n) is 7.15. The number of nitrogens with zero attached hydrogens (tertiary/aromatic N) is 2. The van der Waals surface area contributed by atoms with Crippen molar-refractivity contribution >= 4 is 6.09 Å². The van der Waals surface area contributed by atoms with Crippen LogP contribution in [0.4, 0.5) is 18.0 Å². The Kier molecular flexibility index (Phi) is 4.13. The number of carbonyl (C=O) groups excluding carboxylic acids is 1. The Morgan fingerprint density at radius 3 is 2.23 bits per heavy atom.